The highest BCUT2D eigenvalue weighted by atomic mass is 32.2. The van der Waals surface area contributed by atoms with Gasteiger partial charge in [-0.3, -0.25) is 15.1 Å². The van der Waals surface area contributed by atoms with Crippen LogP contribution in [0, 0.1) is 10.1 Å². The SMILES string of the molecule is CSc1cnc2ccccc2c1SC1=CNc2ccc([N+](=O)[O-])cc2C1O. The molecule has 1 aromatic heterocycles. The standard InChI is InChI=1S/C19H15N3O3S2/c1-26-17-10-21-14-5-3-2-4-12(14)19(17)27-16-9-20-15-7-6-11(22(24)25)8-13(15)18(16)23/h2-10,18,20,23H,1H3. The van der Waals surface area contributed by atoms with E-state index in [1.54, 1.807) is 24.0 Å². The van der Waals surface area contributed by atoms with Crippen LogP contribution in [-0.2, 0) is 0 Å². The van der Waals surface area contributed by atoms with E-state index in [9.17, 15) is 15.2 Å². The number of rotatable bonds is 4. The van der Waals surface area contributed by atoms with Crippen LogP contribution in [0.1, 0.15) is 11.7 Å². The van der Waals surface area contributed by atoms with Gasteiger partial charge in [0, 0.05) is 55.9 Å². The van der Waals surface area contributed by atoms with Crippen LogP contribution in [0.2, 0.25) is 0 Å². The largest absolute Gasteiger partial charge is 0.383 e. The number of non-ortho nitro benzene ring substituents is 1. The summed E-state index contributed by atoms with van der Waals surface area (Å²) < 4.78 is 0. The molecule has 2 N–H and O–H groups in total. The highest BCUT2D eigenvalue weighted by molar-refractivity contribution is 8.04. The second-order valence-electron chi connectivity index (χ2n) is 5.90. The summed E-state index contributed by atoms with van der Waals surface area (Å²) in [6, 6.07) is 12.3. The number of aliphatic hydroxyl groups excluding tert-OH is 1. The molecule has 136 valence electrons. The third-order valence-electron chi connectivity index (χ3n) is 4.31. The smallest absolute Gasteiger partial charge is 0.269 e. The van der Waals surface area contributed by atoms with Gasteiger partial charge in [0.05, 0.1) is 10.4 Å². The molecule has 2 aromatic carbocycles. The normalized spacial score (nSPS) is 15.8. The molecule has 8 heteroatoms. The van der Waals surface area contributed by atoms with E-state index in [4.69, 9.17) is 0 Å². The number of nitrogens with zero attached hydrogens (tertiary/aromatic N) is 2. The molecule has 2 heterocycles. The molecule has 0 amide bonds. The van der Waals surface area contributed by atoms with E-state index in [0.29, 0.717) is 16.2 Å². The van der Waals surface area contributed by atoms with Crippen molar-refractivity contribution in [1.82, 2.24) is 4.98 Å². The van der Waals surface area contributed by atoms with Gasteiger partial charge in [-0.1, -0.05) is 30.0 Å². The molecule has 0 saturated heterocycles. The van der Waals surface area contributed by atoms with Crippen molar-refractivity contribution < 1.29 is 10.0 Å². The molecule has 3 aromatic rings. The van der Waals surface area contributed by atoms with Crippen LogP contribution >= 0.6 is 23.5 Å². The zero-order chi connectivity index (χ0) is 19.0. The summed E-state index contributed by atoms with van der Waals surface area (Å²) in [7, 11) is 0. The summed E-state index contributed by atoms with van der Waals surface area (Å²) in [6.07, 6.45) is 4.63. The van der Waals surface area contributed by atoms with E-state index >= 15 is 0 Å². The summed E-state index contributed by atoms with van der Waals surface area (Å²) in [5, 5.41) is 26.1. The van der Waals surface area contributed by atoms with E-state index in [1.165, 1.54) is 23.9 Å². The van der Waals surface area contributed by atoms with E-state index in [1.807, 2.05) is 36.7 Å². The first-order valence-corrected chi connectivity index (χ1v) is 10.1. The van der Waals surface area contributed by atoms with E-state index in [-0.39, 0.29) is 5.69 Å². The number of fused-ring (bicyclic) bond motifs is 2. The average molecular weight is 397 g/mol. The van der Waals surface area contributed by atoms with Gasteiger partial charge >= 0.3 is 0 Å². The lowest BCUT2D eigenvalue weighted by molar-refractivity contribution is -0.384. The molecule has 27 heavy (non-hydrogen) atoms. The maximum Gasteiger partial charge on any atom is 0.269 e. The maximum atomic E-state index is 11.1. The summed E-state index contributed by atoms with van der Waals surface area (Å²) in [5.74, 6) is 0. The molecular formula is C19H15N3O3S2. The number of pyridine rings is 1. The minimum Gasteiger partial charge on any atom is -0.383 e. The zero-order valence-electron chi connectivity index (χ0n) is 14.2. The van der Waals surface area contributed by atoms with Crippen molar-refractivity contribution in [3.05, 3.63) is 75.4 Å². The van der Waals surface area contributed by atoms with E-state index in [2.05, 4.69) is 10.3 Å². The summed E-state index contributed by atoms with van der Waals surface area (Å²) in [4.78, 5) is 17.8. The summed E-state index contributed by atoms with van der Waals surface area (Å²) in [5.41, 5.74) is 2.01. The Kier molecular flexibility index (Phi) is 4.77. The number of aromatic nitrogens is 1. The van der Waals surface area contributed by atoms with Gasteiger partial charge in [-0.25, -0.2) is 0 Å². The lowest BCUT2D eigenvalue weighted by atomic mass is 10.0. The van der Waals surface area contributed by atoms with Gasteiger partial charge in [-0.15, -0.1) is 11.8 Å². The second kappa shape index (κ2) is 7.22. The Labute approximate surface area is 163 Å². The van der Waals surface area contributed by atoms with E-state index in [0.717, 1.165) is 20.7 Å². The van der Waals surface area contributed by atoms with Gasteiger partial charge in [0.25, 0.3) is 5.69 Å². The number of thioether (sulfide) groups is 2. The van der Waals surface area contributed by atoms with Crippen molar-refractivity contribution in [2.75, 3.05) is 11.6 Å². The number of hydrogen-bond acceptors (Lipinski definition) is 7. The van der Waals surface area contributed by atoms with Gasteiger partial charge in [0.1, 0.15) is 6.10 Å². The van der Waals surface area contributed by atoms with Gasteiger partial charge in [-0.05, 0) is 18.4 Å². The predicted octanol–water partition coefficient (Wildman–Crippen LogP) is 4.96. The monoisotopic (exact) mass is 397 g/mol. The summed E-state index contributed by atoms with van der Waals surface area (Å²) in [6.45, 7) is 0. The van der Waals surface area contributed by atoms with Crippen LogP contribution < -0.4 is 5.32 Å². The van der Waals surface area contributed by atoms with E-state index < -0.39 is 11.0 Å². The Morgan fingerprint density at radius 2 is 2.07 bits per heavy atom. The van der Waals surface area contributed by atoms with Crippen molar-refractivity contribution in [2.45, 2.75) is 15.9 Å². The number of para-hydroxylation sites is 1. The topological polar surface area (TPSA) is 88.3 Å². The van der Waals surface area contributed by atoms with Gasteiger partial charge in [0.2, 0.25) is 0 Å². The zero-order valence-corrected chi connectivity index (χ0v) is 15.9. The van der Waals surface area contributed by atoms with Gasteiger partial charge in [0.15, 0.2) is 0 Å². The van der Waals surface area contributed by atoms with Crippen LogP contribution in [0.3, 0.4) is 0 Å². The Bertz CT molecular complexity index is 1080. The highest BCUT2D eigenvalue weighted by Crippen LogP contribution is 2.46. The molecular weight excluding hydrogens is 382 g/mol. The maximum absolute atomic E-state index is 11.1. The van der Waals surface area contributed by atoms with Crippen molar-refractivity contribution in [1.29, 1.82) is 0 Å². The lowest BCUT2D eigenvalue weighted by Gasteiger charge is -2.24. The number of hydrogen-bond donors (Lipinski definition) is 2. The molecule has 6 nitrogen and oxygen atoms in total. The van der Waals surface area contributed by atoms with Crippen LogP contribution in [-0.4, -0.2) is 21.3 Å². The highest BCUT2D eigenvalue weighted by Gasteiger charge is 2.25. The Morgan fingerprint density at radius 1 is 1.26 bits per heavy atom. The fourth-order valence-electron chi connectivity index (χ4n) is 2.95. The van der Waals surface area contributed by atoms with Crippen LogP contribution in [0.15, 0.2) is 69.6 Å². The fraction of sp³-hybridized carbons (Fsp3) is 0.105. The number of aliphatic hydroxyl groups is 1. The first-order valence-electron chi connectivity index (χ1n) is 8.11. The van der Waals surface area contributed by atoms with Crippen molar-refractivity contribution >= 4 is 45.8 Å². The molecule has 1 aliphatic rings. The number of anilines is 1. The molecule has 0 spiro atoms. The number of nitro groups is 1. The van der Waals surface area contributed by atoms with Crippen LogP contribution in [0.25, 0.3) is 10.9 Å². The third-order valence-corrected chi connectivity index (χ3v) is 6.41. The van der Waals surface area contributed by atoms with Crippen LogP contribution in [0.4, 0.5) is 11.4 Å². The van der Waals surface area contributed by atoms with Gasteiger partial charge < -0.3 is 10.4 Å². The van der Waals surface area contributed by atoms with Crippen molar-refractivity contribution in [2.24, 2.45) is 0 Å². The molecule has 4 rings (SSSR count). The third kappa shape index (κ3) is 3.27. The minimum atomic E-state index is -0.937. The Morgan fingerprint density at radius 3 is 2.85 bits per heavy atom. The molecule has 0 saturated carbocycles. The minimum absolute atomic E-state index is 0.0417. The number of nitro benzene ring substituents is 1. The number of benzene rings is 2. The molecule has 0 bridgehead atoms. The number of nitrogens with one attached hydrogen (secondary N) is 1. The predicted molar refractivity (Wildman–Crippen MR) is 109 cm³/mol. The Hall–Kier alpha value is -2.55. The average Bonchev–Trinajstić information content (AvgIpc) is 2.70. The lowest BCUT2D eigenvalue weighted by Crippen LogP contribution is -2.11. The van der Waals surface area contributed by atoms with Crippen molar-refractivity contribution in [3.63, 3.8) is 0 Å². The first-order chi connectivity index (χ1) is 13.1. The second-order valence-corrected chi connectivity index (χ2v) is 7.83. The van der Waals surface area contributed by atoms with Crippen LogP contribution in [0.5, 0.6) is 0 Å². The molecule has 0 aliphatic carbocycles. The summed E-state index contributed by atoms with van der Waals surface area (Å²) >= 11 is 3.04. The fourth-order valence-corrected chi connectivity index (χ4v) is 4.81. The molecule has 1 aliphatic heterocycles. The van der Waals surface area contributed by atoms with Gasteiger partial charge in [-0.2, -0.15) is 0 Å². The molecule has 0 radical (unpaired) electrons. The first kappa shape index (κ1) is 17.8. The van der Waals surface area contributed by atoms with Crippen molar-refractivity contribution in [3.8, 4) is 0 Å². The molecule has 0 fully saturated rings. The Balaban J connectivity index is 1.74. The molecule has 1 unspecified atom stereocenters. The molecule has 1 atom stereocenters. The quantitative estimate of drug-likeness (QED) is 0.365.